The number of hydroxylamine groups is 2. The number of carbonyl (C=O) groups excluding carboxylic acids is 6. The van der Waals surface area contributed by atoms with Gasteiger partial charge in [0.25, 0.3) is 21.9 Å². The Bertz CT molecular complexity index is 1990. The number of ether oxygens (including phenoxy) is 5. The number of carbonyl (C=O) groups is 6. The van der Waals surface area contributed by atoms with E-state index in [0.717, 1.165) is 5.57 Å². The molecule has 8 atom stereocenters. The number of alkyl carbamates (subject to hydrolysis) is 1. The monoisotopic (exact) mass is 841 g/mol. The molecule has 4 amide bonds. The maximum atomic E-state index is 14.1. The Kier molecular flexibility index (Phi) is 12.8. The Hall–Kier alpha value is -4.60. The van der Waals surface area contributed by atoms with Crippen LogP contribution in [-0.2, 0) is 64.3 Å². The van der Waals surface area contributed by atoms with E-state index in [0.29, 0.717) is 12.0 Å². The Morgan fingerprint density at radius 3 is 2.40 bits per heavy atom. The first-order chi connectivity index (χ1) is 26.6. The van der Waals surface area contributed by atoms with Crippen molar-refractivity contribution in [2.75, 3.05) is 26.2 Å². The van der Waals surface area contributed by atoms with Gasteiger partial charge in [0.1, 0.15) is 34.7 Å². The van der Waals surface area contributed by atoms with E-state index < -0.39 is 106 Å². The maximum absolute atomic E-state index is 14.1. The number of methoxy groups -OCH3 is 2. The van der Waals surface area contributed by atoms with E-state index in [2.05, 4.69) is 10.2 Å². The molecular weight excluding hydrogens is 798 g/mol. The van der Waals surface area contributed by atoms with Gasteiger partial charge < -0.3 is 38.5 Å². The number of amides is 4. The molecular formula is C36H44ClN3O16S. The Morgan fingerprint density at radius 2 is 1.79 bits per heavy atom. The summed E-state index contributed by atoms with van der Waals surface area (Å²) in [5.74, 6) is -6.28. The number of esters is 1. The predicted molar refractivity (Wildman–Crippen MR) is 196 cm³/mol. The number of aliphatic hydroxyl groups is 1. The molecule has 4 aliphatic heterocycles. The van der Waals surface area contributed by atoms with Crippen LogP contribution in [0.2, 0.25) is 5.02 Å². The molecule has 3 N–H and O–H groups in total. The molecule has 0 saturated carbocycles. The largest absolute Gasteiger partial charge is 0.495 e. The van der Waals surface area contributed by atoms with Crippen LogP contribution >= 0.6 is 11.6 Å². The quantitative estimate of drug-likeness (QED) is 0.146. The summed E-state index contributed by atoms with van der Waals surface area (Å²) < 4.78 is 62.9. The highest BCUT2D eigenvalue weighted by Crippen LogP contribution is 2.49. The first-order valence-corrected chi connectivity index (χ1v) is 19.6. The number of nitrogens with zero attached hydrogens (tertiary/aromatic N) is 2. The second kappa shape index (κ2) is 16.7. The summed E-state index contributed by atoms with van der Waals surface area (Å²) in [6, 6.07) is 3.35. The minimum absolute atomic E-state index is 0.0469. The molecule has 3 fully saturated rings. The number of imide groups is 1. The van der Waals surface area contributed by atoms with E-state index in [1.165, 1.54) is 33.1 Å². The molecule has 4 bridgehead atoms. The summed E-state index contributed by atoms with van der Waals surface area (Å²) >= 11 is 6.68. The SMILES string of the molecule is COc1cc2cc(c1Cl)N(C)C(=O)CC(OC(=O)CC(C(=O)ON1C(=O)CCC1=O)S(=O)(=O)O)C1(C)OC1C(C)C1CC(O)(NC(=O)O1)C(OC)/C=C/C=C(\C)C2. The van der Waals surface area contributed by atoms with Crippen molar-refractivity contribution in [1.29, 1.82) is 0 Å². The molecule has 8 unspecified atom stereocenters. The van der Waals surface area contributed by atoms with Crippen LogP contribution in [-0.4, -0.2) is 121 Å². The summed E-state index contributed by atoms with van der Waals surface area (Å²) in [5.41, 5.74) is -1.75. The Labute approximate surface area is 332 Å². The van der Waals surface area contributed by atoms with Crippen molar-refractivity contribution in [3.05, 3.63) is 46.5 Å². The van der Waals surface area contributed by atoms with Crippen molar-refractivity contribution in [2.45, 2.75) is 100 Å². The van der Waals surface area contributed by atoms with Crippen LogP contribution in [0.3, 0.4) is 0 Å². The first kappa shape index (κ1) is 43.5. The minimum Gasteiger partial charge on any atom is -0.495 e. The molecule has 5 rings (SSSR count). The number of anilines is 1. The summed E-state index contributed by atoms with van der Waals surface area (Å²) in [6.45, 7) is 4.97. The average Bonchev–Trinajstić information content (AvgIpc) is 3.74. The molecule has 4 heterocycles. The van der Waals surface area contributed by atoms with Gasteiger partial charge in [0.2, 0.25) is 5.91 Å². The smallest absolute Gasteiger partial charge is 0.409 e. The van der Waals surface area contributed by atoms with E-state index >= 15 is 0 Å². The van der Waals surface area contributed by atoms with Crippen LogP contribution in [0.5, 0.6) is 5.75 Å². The van der Waals surface area contributed by atoms with Crippen molar-refractivity contribution in [3.63, 3.8) is 0 Å². The molecule has 1 aromatic carbocycles. The Morgan fingerprint density at radius 1 is 1.12 bits per heavy atom. The number of halogens is 1. The summed E-state index contributed by atoms with van der Waals surface area (Å²) in [5, 5.41) is 11.6. The number of rotatable bonds is 8. The van der Waals surface area contributed by atoms with Gasteiger partial charge in [-0.2, -0.15) is 8.42 Å². The van der Waals surface area contributed by atoms with Gasteiger partial charge in [-0.15, -0.1) is 5.06 Å². The van der Waals surface area contributed by atoms with E-state index in [9.17, 15) is 46.8 Å². The average molecular weight is 842 g/mol. The number of epoxide rings is 1. The van der Waals surface area contributed by atoms with Crippen LogP contribution in [0.25, 0.3) is 0 Å². The van der Waals surface area contributed by atoms with Gasteiger partial charge in [0.15, 0.2) is 11.0 Å². The molecule has 3 saturated heterocycles. The third-order valence-corrected chi connectivity index (χ3v) is 11.8. The predicted octanol–water partition coefficient (Wildman–Crippen LogP) is 1.92. The fourth-order valence-electron chi connectivity index (χ4n) is 7.08. The number of fused-ring (bicyclic) bond motifs is 5. The third-order valence-electron chi connectivity index (χ3n) is 10.4. The van der Waals surface area contributed by atoms with E-state index in [-0.39, 0.29) is 40.8 Å². The summed E-state index contributed by atoms with van der Waals surface area (Å²) in [6.07, 6.45) is -2.93. The topological polar surface area (TPSA) is 254 Å². The molecule has 0 aromatic heterocycles. The van der Waals surface area contributed by atoms with Crippen molar-refractivity contribution in [3.8, 4) is 5.75 Å². The van der Waals surface area contributed by atoms with Gasteiger partial charge in [-0.1, -0.05) is 42.3 Å². The standard InChI is InChI=1S/C36H44ClN3O16S/c1-18-8-7-9-25(52-6)36(47)17-23(53-34(46)38-36)19(2)32-35(3,55-32)26(16-29(43)39(4)21-13-20(12-18)14-22(51-5)31(21)37)54-30(44)15-24(57(48,49)50)33(45)56-40-27(41)10-11-28(40)42/h7-9,13-14,19,23-26,32,47H,10-12,15-17H2,1-6H3,(H,38,46)(H,48,49,50)/b9-7+,18-8+. The molecule has 312 valence electrons. The Balaban J connectivity index is 1.51. The number of hydrogen-bond acceptors (Lipinski definition) is 15. The molecule has 0 spiro atoms. The zero-order chi connectivity index (χ0) is 42.2. The van der Waals surface area contributed by atoms with Crippen molar-refractivity contribution in [2.24, 2.45) is 5.92 Å². The molecule has 0 aliphatic carbocycles. The minimum atomic E-state index is -5.41. The fourth-order valence-corrected chi connectivity index (χ4v) is 8.03. The molecule has 57 heavy (non-hydrogen) atoms. The summed E-state index contributed by atoms with van der Waals surface area (Å²) in [4.78, 5) is 83.1. The van der Waals surface area contributed by atoms with Gasteiger partial charge in [0.05, 0.1) is 31.7 Å². The second-order valence-corrected chi connectivity index (χ2v) is 16.5. The van der Waals surface area contributed by atoms with Crippen LogP contribution in [0.1, 0.15) is 58.4 Å². The van der Waals surface area contributed by atoms with Gasteiger partial charge in [0, 0.05) is 39.3 Å². The number of hydrogen-bond donors (Lipinski definition) is 3. The van der Waals surface area contributed by atoms with Gasteiger partial charge in [-0.25, -0.2) is 9.59 Å². The number of allylic oxidation sites excluding steroid dienone is 3. The third kappa shape index (κ3) is 9.42. The lowest BCUT2D eigenvalue weighted by Crippen LogP contribution is -2.63. The normalized spacial score (nSPS) is 31.6. The molecule has 4 aliphatic rings. The fraction of sp³-hybridized carbons (Fsp3) is 0.556. The molecule has 19 nitrogen and oxygen atoms in total. The lowest BCUT2D eigenvalue weighted by molar-refractivity contribution is -0.197. The zero-order valence-corrected chi connectivity index (χ0v) is 33.5. The molecule has 0 radical (unpaired) electrons. The molecule has 1 aromatic rings. The maximum Gasteiger partial charge on any atom is 0.409 e. The molecule has 21 heteroatoms. The zero-order valence-electron chi connectivity index (χ0n) is 31.9. The number of benzene rings is 1. The van der Waals surface area contributed by atoms with Gasteiger partial charge in [-0.05, 0) is 38.0 Å². The first-order valence-electron chi connectivity index (χ1n) is 17.7. The second-order valence-electron chi connectivity index (χ2n) is 14.5. The van der Waals surface area contributed by atoms with Gasteiger partial charge >= 0.3 is 18.0 Å². The van der Waals surface area contributed by atoms with E-state index in [1.54, 1.807) is 37.3 Å². The highest BCUT2D eigenvalue weighted by Gasteiger charge is 2.64. The van der Waals surface area contributed by atoms with Crippen LogP contribution in [0.15, 0.2) is 35.9 Å². The highest BCUT2D eigenvalue weighted by atomic mass is 35.5. The number of nitrogens with one attached hydrogen (secondary N) is 1. The van der Waals surface area contributed by atoms with Gasteiger partial charge in [-0.3, -0.25) is 29.0 Å². The van der Waals surface area contributed by atoms with Crippen LogP contribution in [0, 0.1) is 5.92 Å². The van der Waals surface area contributed by atoms with Crippen LogP contribution in [0.4, 0.5) is 10.5 Å². The lowest BCUT2D eigenvalue weighted by atomic mass is 9.83. The van der Waals surface area contributed by atoms with Crippen molar-refractivity contribution in [1.82, 2.24) is 10.4 Å². The van der Waals surface area contributed by atoms with E-state index in [4.69, 9.17) is 35.3 Å². The van der Waals surface area contributed by atoms with Crippen LogP contribution < -0.4 is 15.0 Å². The van der Waals surface area contributed by atoms with E-state index in [1.807, 2.05) is 6.92 Å². The summed E-state index contributed by atoms with van der Waals surface area (Å²) in [7, 11) is -1.23. The van der Waals surface area contributed by atoms with Crippen molar-refractivity contribution >= 4 is 63.2 Å². The lowest BCUT2D eigenvalue weighted by Gasteiger charge is -2.42. The highest BCUT2D eigenvalue weighted by molar-refractivity contribution is 7.87. The van der Waals surface area contributed by atoms with Crippen molar-refractivity contribution < 1.29 is 75.4 Å².